The number of aromatic carboxylic acids is 1. The number of carboxylic acid groups (broad SMARTS) is 1. The van der Waals surface area contributed by atoms with E-state index in [4.69, 9.17) is 5.11 Å². The number of nitrogens with one attached hydrogen (secondary N) is 2. The number of carbonyl (C=O) groups is 2. The Morgan fingerprint density at radius 3 is 2.53 bits per heavy atom. The average molecular weight is 351 g/mol. The van der Waals surface area contributed by atoms with Crippen molar-refractivity contribution < 1.29 is 23.1 Å². The molecule has 0 atom stereocenters. The van der Waals surface area contributed by atoms with E-state index in [0.29, 0.717) is 0 Å². The molecule has 0 aliphatic carbocycles. The Balaban J connectivity index is 3.05. The second kappa shape index (κ2) is 6.13. The highest BCUT2D eigenvalue weighted by Gasteiger charge is 2.18. The lowest BCUT2D eigenvalue weighted by Gasteiger charge is -2.07. The highest BCUT2D eigenvalue weighted by molar-refractivity contribution is 9.10. The second-order valence-corrected chi connectivity index (χ2v) is 6.07. The lowest BCUT2D eigenvalue weighted by Crippen LogP contribution is -2.35. The van der Waals surface area contributed by atoms with Crippen molar-refractivity contribution in [1.29, 1.82) is 0 Å². The van der Waals surface area contributed by atoms with Crippen LogP contribution in [-0.4, -0.2) is 39.0 Å². The molecule has 0 saturated carbocycles. The van der Waals surface area contributed by atoms with E-state index >= 15 is 0 Å². The molecule has 0 aliphatic heterocycles. The van der Waals surface area contributed by atoms with Crippen molar-refractivity contribution in [3.05, 3.63) is 28.2 Å². The molecule has 0 radical (unpaired) electrons. The van der Waals surface area contributed by atoms with Gasteiger partial charge in [0.05, 0.1) is 17.0 Å². The maximum absolute atomic E-state index is 11.8. The molecule has 19 heavy (non-hydrogen) atoms. The van der Waals surface area contributed by atoms with Crippen molar-refractivity contribution >= 4 is 37.8 Å². The molecular formula is C10H11BrN2O5S. The van der Waals surface area contributed by atoms with Gasteiger partial charge in [-0.3, -0.25) is 4.79 Å². The zero-order valence-electron chi connectivity index (χ0n) is 9.81. The SMILES string of the molecule is CNC(=O)CNS(=O)(=O)c1ccc(Br)c(C(=O)O)c1. The van der Waals surface area contributed by atoms with Gasteiger partial charge in [0.2, 0.25) is 15.9 Å². The number of hydrogen-bond acceptors (Lipinski definition) is 4. The summed E-state index contributed by atoms with van der Waals surface area (Å²) in [6.45, 7) is -0.419. The van der Waals surface area contributed by atoms with Crippen molar-refractivity contribution in [3.8, 4) is 0 Å². The monoisotopic (exact) mass is 350 g/mol. The summed E-state index contributed by atoms with van der Waals surface area (Å²) >= 11 is 3.01. The van der Waals surface area contributed by atoms with E-state index in [1.165, 1.54) is 19.2 Å². The van der Waals surface area contributed by atoms with Crippen LogP contribution in [0.3, 0.4) is 0 Å². The number of rotatable bonds is 5. The summed E-state index contributed by atoms with van der Waals surface area (Å²) in [6.07, 6.45) is 0. The van der Waals surface area contributed by atoms with Crippen LogP contribution >= 0.6 is 15.9 Å². The van der Waals surface area contributed by atoms with Crippen LogP contribution in [0, 0.1) is 0 Å². The minimum Gasteiger partial charge on any atom is -0.478 e. The zero-order chi connectivity index (χ0) is 14.6. The summed E-state index contributed by atoms with van der Waals surface area (Å²) in [6, 6.07) is 3.57. The molecule has 9 heteroatoms. The normalized spacial score (nSPS) is 11.1. The Hall–Kier alpha value is -1.45. The fourth-order valence-electron chi connectivity index (χ4n) is 1.17. The van der Waals surface area contributed by atoms with Crippen LogP contribution in [0.2, 0.25) is 0 Å². The molecule has 0 aromatic heterocycles. The third-order valence-electron chi connectivity index (χ3n) is 2.18. The molecule has 0 unspecified atom stereocenters. The molecule has 0 spiro atoms. The van der Waals surface area contributed by atoms with Gasteiger partial charge in [-0.2, -0.15) is 0 Å². The van der Waals surface area contributed by atoms with Crippen LogP contribution in [-0.2, 0) is 14.8 Å². The smallest absolute Gasteiger partial charge is 0.336 e. The van der Waals surface area contributed by atoms with Gasteiger partial charge in [0.1, 0.15) is 0 Å². The summed E-state index contributed by atoms with van der Waals surface area (Å²) in [5.74, 6) is -1.76. The maximum atomic E-state index is 11.8. The standard InChI is InChI=1S/C10H11BrN2O5S/c1-12-9(14)5-13-19(17,18)6-2-3-8(11)7(4-6)10(15)16/h2-4,13H,5H2,1H3,(H,12,14)(H,15,16). The molecule has 0 bridgehead atoms. The largest absolute Gasteiger partial charge is 0.478 e. The molecule has 1 amide bonds. The minimum atomic E-state index is -3.93. The first kappa shape index (κ1) is 15.6. The van der Waals surface area contributed by atoms with E-state index in [9.17, 15) is 18.0 Å². The van der Waals surface area contributed by atoms with Gasteiger partial charge in [-0.05, 0) is 34.1 Å². The van der Waals surface area contributed by atoms with Crippen LogP contribution in [0.5, 0.6) is 0 Å². The maximum Gasteiger partial charge on any atom is 0.336 e. The quantitative estimate of drug-likeness (QED) is 0.700. The molecule has 0 fully saturated rings. The fraction of sp³-hybridized carbons (Fsp3) is 0.200. The molecule has 3 N–H and O–H groups in total. The van der Waals surface area contributed by atoms with Gasteiger partial charge in [0, 0.05) is 11.5 Å². The number of likely N-dealkylation sites (N-methyl/N-ethyl adjacent to an activating group) is 1. The van der Waals surface area contributed by atoms with Crippen LogP contribution < -0.4 is 10.0 Å². The first-order valence-corrected chi connectivity index (χ1v) is 7.28. The number of carboxylic acids is 1. The number of carbonyl (C=O) groups excluding carboxylic acids is 1. The van der Waals surface area contributed by atoms with Gasteiger partial charge in [-0.1, -0.05) is 0 Å². The predicted molar refractivity (Wildman–Crippen MR) is 70.4 cm³/mol. The van der Waals surface area contributed by atoms with Crippen molar-refractivity contribution in [2.75, 3.05) is 13.6 Å². The molecule has 1 aromatic rings. The lowest BCUT2D eigenvalue weighted by atomic mass is 10.2. The van der Waals surface area contributed by atoms with Gasteiger partial charge in [0.15, 0.2) is 0 Å². The van der Waals surface area contributed by atoms with E-state index < -0.39 is 28.4 Å². The Labute approximate surface area is 118 Å². The average Bonchev–Trinajstić information content (AvgIpc) is 2.35. The van der Waals surface area contributed by atoms with E-state index in [2.05, 4.69) is 26.0 Å². The summed E-state index contributed by atoms with van der Waals surface area (Å²) in [7, 11) is -2.56. The van der Waals surface area contributed by atoms with Gasteiger partial charge >= 0.3 is 5.97 Å². The second-order valence-electron chi connectivity index (χ2n) is 3.44. The highest BCUT2D eigenvalue weighted by Crippen LogP contribution is 2.20. The fourth-order valence-corrected chi connectivity index (χ4v) is 2.59. The molecule has 0 saturated heterocycles. The summed E-state index contributed by atoms with van der Waals surface area (Å²) in [4.78, 5) is 21.7. The van der Waals surface area contributed by atoms with Crippen LogP contribution in [0.1, 0.15) is 10.4 Å². The van der Waals surface area contributed by atoms with Crippen LogP contribution in [0.4, 0.5) is 0 Å². The Kier molecular flexibility index (Phi) is 5.04. The van der Waals surface area contributed by atoms with E-state index in [-0.39, 0.29) is 14.9 Å². The first-order valence-electron chi connectivity index (χ1n) is 5.01. The molecular weight excluding hydrogens is 340 g/mol. The Morgan fingerprint density at radius 1 is 1.37 bits per heavy atom. The van der Waals surface area contributed by atoms with Gasteiger partial charge in [-0.15, -0.1) is 0 Å². The van der Waals surface area contributed by atoms with E-state index in [1.54, 1.807) is 0 Å². The summed E-state index contributed by atoms with van der Waals surface area (Å²) in [5, 5.41) is 11.2. The highest BCUT2D eigenvalue weighted by atomic mass is 79.9. The Morgan fingerprint density at radius 2 is 2.00 bits per heavy atom. The van der Waals surface area contributed by atoms with E-state index in [1.807, 2.05) is 0 Å². The number of sulfonamides is 1. The number of hydrogen-bond donors (Lipinski definition) is 3. The number of amides is 1. The van der Waals surface area contributed by atoms with Gasteiger partial charge in [-0.25, -0.2) is 17.9 Å². The van der Waals surface area contributed by atoms with E-state index in [0.717, 1.165) is 6.07 Å². The van der Waals surface area contributed by atoms with Crippen molar-refractivity contribution in [3.63, 3.8) is 0 Å². The van der Waals surface area contributed by atoms with Gasteiger partial charge < -0.3 is 10.4 Å². The van der Waals surface area contributed by atoms with Crippen LogP contribution in [0.15, 0.2) is 27.6 Å². The summed E-state index contributed by atoms with van der Waals surface area (Å²) in [5.41, 5.74) is -0.178. The van der Waals surface area contributed by atoms with Gasteiger partial charge in [0.25, 0.3) is 0 Å². The lowest BCUT2D eigenvalue weighted by molar-refractivity contribution is -0.119. The van der Waals surface area contributed by atoms with Crippen molar-refractivity contribution in [2.45, 2.75) is 4.90 Å². The molecule has 7 nitrogen and oxygen atoms in total. The van der Waals surface area contributed by atoms with Crippen LogP contribution in [0.25, 0.3) is 0 Å². The third-order valence-corrected chi connectivity index (χ3v) is 4.27. The van der Waals surface area contributed by atoms with Crippen molar-refractivity contribution in [1.82, 2.24) is 10.0 Å². The topological polar surface area (TPSA) is 113 Å². The first-order chi connectivity index (χ1) is 8.77. The summed E-state index contributed by atoms with van der Waals surface area (Å²) < 4.78 is 26.0. The predicted octanol–water partition coefficient (Wildman–Crippen LogP) is 0.172. The van der Waals surface area contributed by atoms with Crippen molar-refractivity contribution in [2.24, 2.45) is 0 Å². The molecule has 1 aromatic carbocycles. The number of benzene rings is 1. The zero-order valence-corrected chi connectivity index (χ0v) is 12.2. The molecule has 1 rings (SSSR count). The third kappa shape index (κ3) is 4.01. The molecule has 0 aliphatic rings. The molecule has 104 valence electrons. The molecule has 0 heterocycles. The Bertz CT molecular complexity index is 614. The number of halogens is 1. The minimum absolute atomic E-state index is 0.178.